The number of hydrogen-bond donors (Lipinski definition) is 0. The van der Waals surface area contributed by atoms with Crippen LogP contribution in [0.4, 0.5) is 26.3 Å². The van der Waals surface area contributed by atoms with Crippen LogP contribution in [0.5, 0.6) is 0 Å². The van der Waals surface area contributed by atoms with Crippen LogP contribution in [0.15, 0.2) is 146 Å². The summed E-state index contributed by atoms with van der Waals surface area (Å²) in [5.74, 6) is 0. The molecule has 0 saturated heterocycles. The van der Waals surface area contributed by atoms with E-state index in [1.807, 2.05) is 103 Å². The summed E-state index contributed by atoms with van der Waals surface area (Å²) in [6.07, 6.45) is -9.24. The topological polar surface area (TPSA) is 0 Å². The second kappa shape index (κ2) is 11.0. The highest BCUT2D eigenvalue weighted by atomic mass is 19.4. The molecule has 0 saturated carbocycles. The van der Waals surface area contributed by atoms with E-state index in [2.05, 4.69) is 6.07 Å². The third-order valence-electron chi connectivity index (χ3n) is 9.07. The number of alkyl halides is 6. The molecule has 48 heavy (non-hydrogen) atoms. The van der Waals surface area contributed by atoms with E-state index in [4.69, 9.17) is 0 Å². The first-order chi connectivity index (χ1) is 23.0. The number of halogens is 6. The zero-order valence-corrected chi connectivity index (χ0v) is 25.1. The Labute approximate surface area is 271 Å². The molecule has 8 rings (SSSR count). The highest BCUT2D eigenvalue weighted by Crippen LogP contribution is 2.47. The van der Waals surface area contributed by atoms with Gasteiger partial charge in [-0.2, -0.15) is 26.3 Å². The van der Waals surface area contributed by atoms with Gasteiger partial charge in [0, 0.05) is 0 Å². The molecule has 6 heteroatoms. The molecule has 8 aromatic carbocycles. The molecule has 0 aliphatic rings. The fraction of sp³-hybridized carbons (Fsp3) is 0.0476. The Morgan fingerprint density at radius 1 is 0.292 bits per heavy atom. The maximum atomic E-state index is 14.2. The van der Waals surface area contributed by atoms with Crippen molar-refractivity contribution in [1.82, 2.24) is 0 Å². The molecule has 0 N–H and O–H groups in total. The largest absolute Gasteiger partial charge is 0.416 e. The van der Waals surface area contributed by atoms with Crippen LogP contribution >= 0.6 is 0 Å². The Kier molecular flexibility index (Phi) is 6.81. The fourth-order valence-corrected chi connectivity index (χ4v) is 6.75. The summed E-state index contributed by atoms with van der Waals surface area (Å²) in [7, 11) is 0. The Hall–Kier alpha value is -5.62. The molecule has 0 spiro atoms. The van der Waals surface area contributed by atoms with Gasteiger partial charge in [0.05, 0.1) is 11.1 Å². The molecule has 0 bridgehead atoms. The summed E-state index contributed by atoms with van der Waals surface area (Å²) >= 11 is 0. The predicted molar refractivity (Wildman–Crippen MR) is 183 cm³/mol. The van der Waals surface area contributed by atoms with Crippen LogP contribution in [-0.2, 0) is 12.4 Å². The van der Waals surface area contributed by atoms with Gasteiger partial charge in [-0.1, -0.05) is 109 Å². The normalized spacial score (nSPS) is 12.4. The Balaban J connectivity index is 1.42. The predicted octanol–water partition coefficient (Wildman–Crippen LogP) is 13.3. The SMILES string of the molecule is FC(F)(F)c1ccc2c(-c3ccc4ccccc4c3)c3cc(C(F)(F)F)ccc3c(-c3ccc(-c4ccc5ccccc5c4)cc3)c2c1. The van der Waals surface area contributed by atoms with Crippen molar-refractivity contribution in [1.29, 1.82) is 0 Å². The third kappa shape index (κ3) is 5.14. The molecule has 8 aromatic rings. The quantitative estimate of drug-likeness (QED) is 0.133. The second-order valence-corrected chi connectivity index (χ2v) is 12.0. The maximum Gasteiger partial charge on any atom is 0.416 e. The van der Waals surface area contributed by atoms with Gasteiger partial charge in [-0.15, -0.1) is 0 Å². The van der Waals surface area contributed by atoms with E-state index in [0.717, 1.165) is 56.9 Å². The summed E-state index contributed by atoms with van der Waals surface area (Å²) in [6, 6.07) is 41.7. The minimum atomic E-state index is -4.62. The van der Waals surface area contributed by atoms with Gasteiger partial charge in [0.15, 0.2) is 0 Å². The van der Waals surface area contributed by atoms with Crippen LogP contribution < -0.4 is 0 Å². The number of hydrogen-bond acceptors (Lipinski definition) is 0. The molecule has 0 atom stereocenters. The van der Waals surface area contributed by atoms with E-state index < -0.39 is 23.5 Å². The average molecular weight is 643 g/mol. The van der Waals surface area contributed by atoms with Crippen LogP contribution in [0.25, 0.3) is 76.5 Å². The lowest BCUT2D eigenvalue weighted by Crippen LogP contribution is -2.06. The lowest BCUT2D eigenvalue weighted by Gasteiger charge is -2.20. The van der Waals surface area contributed by atoms with Crippen molar-refractivity contribution in [2.45, 2.75) is 12.4 Å². The molecule has 234 valence electrons. The summed E-state index contributed by atoms with van der Waals surface area (Å²) < 4.78 is 85.0. The van der Waals surface area contributed by atoms with Gasteiger partial charge < -0.3 is 0 Å². The third-order valence-corrected chi connectivity index (χ3v) is 9.07. The maximum absolute atomic E-state index is 14.2. The van der Waals surface area contributed by atoms with Crippen molar-refractivity contribution in [3.05, 3.63) is 157 Å². The lowest BCUT2D eigenvalue weighted by molar-refractivity contribution is -0.138. The molecule has 0 nitrogen and oxygen atoms in total. The molecule has 0 aromatic heterocycles. The molecule has 0 fully saturated rings. The zero-order chi connectivity index (χ0) is 33.2. The van der Waals surface area contributed by atoms with Gasteiger partial charge in [0.2, 0.25) is 0 Å². The molecule has 0 unspecified atom stereocenters. The minimum Gasteiger partial charge on any atom is -0.166 e. The minimum absolute atomic E-state index is 0.304. The molecule has 0 radical (unpaired) electrons. The second-order valence-electron chi connectivity index (χ2n) is 12.0. The van der Waals surface area contributed by atoms with Crippen molar-refractivity contribution in [3.63, 3.8) is 0 Å². The first-order valence-electron chi connectivity index (χ1n) is 15.3. The molecule has 0 aliphatic heterocycles. The van der Waals surface area contributed by atoms with Gasteiger partial charge in [0.1, 0.15) is 0 Å². The zero-order valence-electron chi connectivity index (χ0n) is 25.1. The van der Waals surface area contributed by atoms with E-state index in [0.29, 0.717) is 43.8 Å². The van der Waals surface area contributed by atoms with Crippen LogP contribution in [-0.4, -0.2) is 0 Å². The molecule has 0 heterocycles. The molecular weight excluding hydrogens is 618 g/mol. The van der Waals surface area contributed by atoms with Gasteiger partial charge in [-0.05, 0) is 113 Å². The molecule has 0 amide bonds. The summed E-state index contributed by atoms with van der Waals surface area (Å²) in [6.45, 7) is 0. The van der Waals surface area contributed by atoms with Crippen molar-refractivity contribution >= 4 is 43.1 Å². The number of benzene rings is 8. The Morgan fingerprint density at radius 3 is 1.19 bits per heavy atom. The first-order valence-corrected chi connectivity index (χ1v) is 15.3. The van der Waals surface area contributed by atoms with E-state index in [1.54, 1.807) is 0 Å². The molecular formula is C42H24F6. The van der Waals surface area contributed by atoms with E-state index in [9.17, 15) is 26.3 Å². The van der Waals surface area contributed by atoms with Crippen molar-refractivity contribution < 1.29 is 26.3 Å². The Morgan fingerprint density at radius 2 is 0.688 bits per heavy atom. The van der Waals surface area contributed by atoms with Gasteiger partial charge in [-0.3, -0.25) is 0 Å². The van der Waals surface area contributed by atoms with Crippen LogP contribution in [0, 0.1) is 0 Å². The lowest BCUT2D eigenvalue weighted by atomic mass is 9.84. The standard InChI is InChI=1S/C42H24F6/c43-41(44,45)33-18-20-36-37(23-33)39(28-13-9-27(10-14-28)31-15-11-25-5-1-3-7-29(25)21-31)35-19-17-34(42(46,47)48)24-38(35)40(36)32-16-12-26-6-2-4-8-30(26)22-32/h1-24H. The van der Waals surface area contributed by atoms with Gasteiger partial charge >= 0.3 is 12.4 Å². The highest BCUT2D eigenvalue weighted by Gasteiger charge is 2.33. The van der Waals surface area contributed by atoms with Crippen LogP contribution in [0.3, 0.4) is 0 Å². The van der Waals surface area contributed by atoms with E-state index in [1.165, 1.54) is 12.1 Å². The van der Waals surface area contributed by atoms with E-state index in [-0.39, 0.29) is 0 Å². The molecule has 0 aliphatic carbocycles. The number of fused-ring (bicyclic) bond motifs is 4. The summed E-state index contributed by atoms with van der Waals surface area (Å²) in [4.78, 5) is 0. The smallest absolute Gasteiger partial charge is 0.166 e. The fourth-order valence-electron chi connectivity index (χ4n) is 6.75. The van der Waals surface area contributed by atoms with Crippen LogP contribution in [0.2, 0.25) is 0 Å². The van der Waals surface area contributed by atoms with E-state index >= 15 is 0 Å². The van der Waals surface area contributed by atoms with Crippen molar-refractivity contribution in [2.24, 2.45) is 0 Å². The van der Waals surface area contributed by atoms with Gasteiger partial charge in [0.25, 0.3) is 0 Å². The summed E-state index contributed by atoms with van der Waals surface area (Å²) in [5.41, 5.74) is 2.30. The van der Waals surface area contributed by atoms with Gasteiger partial charge in [-0.25, -0.2) is 0 Å². The monoisotopic (exact) mass is 642 g/mol. The summed E-state index contributed by atoms with van der Waals surface area (Å²) in [5, 5.41) is 5.44. The Bertz CT molecular complexity index is 2520. The van der Waals surface area contributed by atoms with Crippen LogP contribution in [0.1, 0.15) is 11.1 Å². The van der Waals surface area contributed by atoms with Crippen molar-refractivity contribution in [2.75, 3.05) is 0 Å². The first kappa shape index (κ1) is 29.8. The number of rotatable bonds is 3. The highest BCUT2D eigenvalue weighted by molar-refractivity contribution is 6.22. The van der Waals surface area contributed by atoms with Crippen molar-refractivity contribution in [3.8, 4) is 33.4 Å². The average Bonchev–Trinajstić information content (AvgIpc) is 3.09.